The minimum Gasteiger partial charge on any atom is -0.497 e. The predicted molar refractivity (Wildman–Crippen MR) is 103 cm³/mol. The number of hydrogen-bond acceptors (Lipinski definition) is 5. The predicted octanol–water partition coefficient (Wildman–Crippen LogP) is 3.48. The van der Waals surface area contributed by atoms with Gasteiger partial charge < -0.3 is 24.3 Å². The topological polar surface area (TPSA) is 69.3 Å². The van der Waals surface area contributed by atoms with Crippen molar-refractivity contribution in [3.05, 3.63) is 47.5 Å². The highest BCUT2D eigenvalue weighted by molar-refractivity contribution is 5.77. The van der Waals surface area contributed by atoms with Gasteiger partial charge in [-0.1, -0.05) is 12.1 Å². The van der Waals surface area contributed by atoms with E-state index in [-0.39, 0.29) is 12.1 Å². The van der Waals surface area contributed by atoms with E-state index in [9.17, 15) is 4.79 Å². The fourth-order valence-corrected chi connectivity index (χ4v) is 3.96. The third kappa shape index (κ3) is 2.87. The standard InChI is InChI=1S/C21H24N2O5/c1-21-11-16(15-6-5-7-17(26-3)19(15)28-21)22-20(24)23(21)12-13-8-9-14(25-2)10-18(13)27-4/h5-10,16H,11-12H2,1-4H3,(H,22,24). The number of carbonyl (C=O) groups excluding carboxylic acids is 1. The summed E-state index contributed by atoms with van der Waals surface area (Å²) in [5.41, 5.74) is 0.999. The van der Waals surface area contributed by atoms with Crippen molar-refractivity contribution < 1.29 is 23.7 Å². The van der Waals surface area contributed by atoms with Crippen LogP contribution in [0.25, 0.3) is 0 Å². The van der Waals surface area contributed by atoms with Crippen LogP contribution < -0.4 is 24.3 Å². The second-order valence-corrected chi connectivity index (χ2v) is 7.13. The van der Waals surface area contributed by atoms with Crippen LogP contribution in [0.4, 0.5) is 4.79 Å². The van der Waals surface area contributed by atoms with Gasteiger partial charge >= 0.3 is 6.03 Å². The largest absolute Gasteiger partial charge is 0.497 e. The maximum atomic E-state index is 12.9. The molecule has 0 aromatic heterocycles. The van der Waals surface area contributed by atoms with Gasteiger partial charge in [0.2, 0.25) is 0 Å². The summed E-state index contributed by atoms with van der Waals surface area (Å²) >= 11 is 0. The van der Waals surface area contributed by atoms with Gasteiger partial charge in [0.25, 0.3) is 0 Å². The Labute approximate surface area is 164 Å². The first-order valence-electron chi connectivity index (χ1n) is 9.14. The zero-order valence-electron chi connectivity index (χ0n) is 16.4. The highest BCUT2D eigenvalue weighted by atomic mass is 16.5. The van der Waals surface area contributed by atoms with Gasteiger partial charge in [-0.2, -0.15) is 0 Å². The van der Waals surface area contributed by atoms with Gasteiger partial charge in [0, 0.05) is 23.6 Å². The summed E-state index contributed by atoms with van der Waals surface area (Å²) in [5.74, 6) is 2.69. The molecule has 4 rings (SSSR count). The van der Waals surface area contributed by atoms with Crippen molar-refractivity contribution in [1.29, 1.82) is 0 Å². The molecule has 2 unspecified atom stereocenters. The minimum atomic E-state index is -0.806. The molecular weight excluding hydrogens is 360 g/mol. The van der Waals surface area contributed by atoms with Crippen LogP contribution in [0.15, 0.2) is 36.4 Å². The molecule has 1 fully saturated rings. The molecule has 2 aromatic carbocycles. The van der Waals surface area contributed by atoms with Crippen molar-refractivity contribution in [2.24, 2.45) is 0 Å². The monoisotopic (exact) mass is 384 g/mol. The molecule has 2 atom stereocenters. The van der Waals surface area contributed by atoms with Crippen LogP contribution in [-0.2, 0) is 6.54 Å². The molecule has 7 heteroatoms. The summed E-state index contributed by atoms with van der Waals surface area (Å²) in [7, 11) is 4.82. The van der Waals surface area contributed by atoms with E-state index in [1.54, 1.807) is 26.2 Å². The zero-order valence-corrected chi connectivity index (χ0v) is 16.4. The lowest BCUT2D eigenvalue weighted by Crippen LogP contribution is -2.64. The molecule has 2 aliphatic rings. The molecule has 2 bridgehead atoms. The Bertz CT molecular complexity index is 916. The average Bonchev–Trinajstić information content (AvgIpc) is 2.70. The molecule has 1 saturated heterocycles. The van der Waals surface area contributed by atoms with Gasteiger partial charge in [0.15, 0.2) is 17.2 Å². The first kappa shape index (κ1) is 18.3. The van der Waals surface area contributed by atoms with Crippen LogP contribution in [0, 0.1) is 0 Å². The van der Waals surface area contributed by atoms with E-state index in [4.69, 9.17) is 18.9 Å². The Morgan fingerprint density at radius 3 is 2.64 bits per heavy atom. The Morgan fingerprint density at radius 1 is 1.14 bits per heavy atom. The van der Waals surface area contributed by atoms with Gasteiger partial charge in [-0.05, 0) is 25.1 Å². The quantitative estimate of drug-likeness (QED) is 0.855. The molecule has 0 radical (unpaired) electrons. The maximum Gasteiger partial charge on any atom is 0.321 e. The number of urea groups is 1. The molecule has 0 saturated carbocycles. The number of amides is 2. The number of benzene rings is 2. The number of fused-ring (bicyclic) bond motifs is 4. The smallest absolute Gasteiger partial charge is 0.321 e. The Hall–Kier alpha value is -3.09. The lowest BCUT2D eigenvalue weighted by molar-refractivity contribution is -0.0892. The zero-order chi connectivity index (χ0) is 19.9. The van der Waals surface area contributed by atoms with E-state index in [0.29, 0.717) is 36.0 Å². The van der Waals surface area contributed by atoms with Crippen molar-refractivity contribution >= 4 is 6.03 Å². The summed E-state index contributed by atoms with van der Waals surface area (Å²) in [6.07, 6.45) is 0.636. The second-order valence-electron chi connectivity index (χ2n) is 7.13. The van der Waals surface area contributed by atoms with E-state index >= 15 is 0 Å². The number of rotatable bonds is 5. The lowest BCUT2D eigenvalue weighted by Gasteiger charge is -2.51. The molecule has 0 spiro atoms. The van der Waals surface area contributed by atoms with E-state index in [1.165, 1.54) is 0 Å². The summed E-state index contributed by atoms with van der Waals surface area (Å²) in [5, 5.41) is 3.10. The van der Waals surface area contributed by atoms with Crippen LogP contribution in [0.3, 0.4) is 0 Å². The van der Waals surface area contributed by atoms with Crippen molar-refractivity contribution in [2.45, 2.75) is 31.7 Å². The molecule has 2 aliphatic heterocycles. The molecule has 148 valence electrons. The van der Waals surface area contributed by atoms with E-state index in [0.717, 1.165) is 11.1 Å². The number of ether oxygens (including phenoxy) is 4. The number of methoxy groups -OCH3 is 3. The highest BCUT2D eigenvalue weighted by Gasteiger charge is 2.50. The maximum absolute atomic E-state index is 12.9. The van der Waals surface area contributed by atoms with Gasteiger partial charge in [-0.15, -0.1) is 0 Å². The molecule has 28 heavy (non-hydrogen) atoms. The fourth-order valence-electron chi connectivity index (χ4n) is 3.96. The molecule has 2 heterocycles. The summed E-state index contributed by atoms with van der Waals surface area (Å²) in [6.45, 7) is 2.27. The highest BCUT2D eigenvalue weighted by Crippen LogP contribution is 2.48. The number of carbonyl (C=O) groups is 1. The third-order valence-corrected chi connectivity index (χ3v) is 5.45. The lowest BCUT2D eigenvalue weighted by atomic mass is 9.90. The van der Waals surface area contributed by atoms with Crippen LogP contribution in [-0.4, -0.2) is 38.0 Å². The fraction of sp³-hybridized carbons (Fsp3) is 0.381. The average molecular weight is 384 g/mol. The molecule has 7 nitrogen and oxygen atoms in total. The summed E-state index contributed by atoms with van der Waals surface area (Å²) in [6, 6.07) is 11.0. The second kappa shape index (κ2) is 6.82. The van der Waals surface area contributed by atoms with Gasteiger partial charge in [-0.25, -0.2) is 4.79 Å². The van der Waals surface area contributed by atoms with Crippen LogP contribution in [0.5, 0.6) is 23.0 Å². The van der Waals surface area contributed by atoms with Crippen molar-refractivity contribution in [3.8, 4) is 23.0 Å². The van der Waals surface area contributed by atoms with Crippen molar-refractivity contribution in [3.63, 3.8) is 0 Å². The molecule has 2 amide bonds. The van der Waals surface area contributed by atoms with Crippen LogP contribution in [0.1, 0.15) is 30.5 Å². The first-order valence-corrected chi connectivity index (χ1v) is 9.14. The van der Waals surface area contributed by atoms with Gasteiger partial charge in [0.1, 0.15) is 11.5 Å². The SMILES string of the molecule is COc1ccc(CN2C(=O)NC3CC2(C)Oc2c(OC)cccc23)c(OC)c1. The molecule has 0 aliphatic carbocycles. The molecular formula is C21H24N2O5. The van der Waals surface area contributed by atoms with Gasteiger partial charge in [0.05, 0.1) is 33.9 Å². The van der Waals surface area contributed by atoms with E-state index in [1.807, 2.05) is 43.3 Å². The number of nitrogens with zero attached hydrogens (tertiary/aromatic N) is 1. The normalized spacial score (nSPS) is 22.6. The molecule has 2 aromatic rings. The van der Waals surface area contributed by atoms with Gasteiger partial charge in [-0.3, -0.25) is 4.90 Å². The number of nitrogens with one attached hydrogen (secondary N) is 1. The van der Waals surface area contributed by atoms with Crippen LogP contribution >= 0.6 is 0 Å². The van der Waals surface area contributed by atoms with Crippen molar-refractivity contribution in [2.75, 3.05) is 21.3 Å². The molecule has 1 N–H and O–H groups in total. The van der Waals surface area contributed by atoms with E-state index < -0.39 is 5.72 Å². The minimum absolute atomic E-state index is 0.120. The number of hydrogen-bond donors (Lipinski definition) is 1. The first-order chi connectivity index (χ1) is 13.5. The summed E-state index contributed by atoms with van der Waals surface area (Å²) < 4.78 is 22.6. The Balaban J connectivity index is 1.70. The number of para-hydroxylation sites is 1. The van der Waals surface area contributed by atoms with Crippen molar-refractivity contribution in [1.82, 2.24) is 10.2 Å². The Morgan fingerprint density at radius 2 is 1.93 bits per heavy atom. The third-order valence-electron chi connectivity index (χ3n) is 5.45. The Kier molecular flexibility index (Phi) is 4.45. The summed E-state index contributed by atoms with van der Waals surface area (Å²) in [4.78, 5) is 14.6. The van der Waals surface area contributed by atoms with E-state index in [2.05, 4.69) is 5.32 Å². The van der Waals surface area contributed by atoms with Crippen LogP contribution in [0.2, 0.25) is 0 Å².